The van der Waals surface area contributed by atoms with Gasteiger partial charge in [0.15, 0.2) is 0 Å². The molecule has 1 aliphatic carbocycles. The number of nitriles is 1. The number of pyridine rings is 1. The van der Waals surface area contributed by atoms with Gasteiger partial charge in [0, 0.05) is 17.4 Å². The van der Waals surface area contributed by atoms with Gasteiger partial charge in [0.05, 0.1) is 4.92 Å². The highest BCUT2D eigenvalue weighted by atomic mass is 32.2. The van der Waals surface area contributed by atoms with Gasteiger partial charge >= 0.3 is 5.69 Å². The summed E-state index contributed by atoms with van der Waals surface area (Å²) in [5.41, 5.74) is -0.409. The number of hydrogen-bond donors (Lipinski definition) is 1. The van der Waals surface area contributed by atoms with Crippen LogP contribution in [0.5, 0.6) is 0 Å². The smallest absolute Gasteiger partial charge is 0.305 e. The summed E-state index contributed by atoms with van der Waals surface area (Å²) in [4.78, 5) is 14.0. The maximum Gasteiger partial charge on any atom is 0.305 e. The van der Waals surface area contributed by atoms with E-state index in [9.17, 15) is 10.1 Å². The van der Waals surface area contributed by atoms with E-state index in [0.29, 0.717) is 5.82 Å². The lowest BCUT2D eigenvalue weighted by atomic mass is 10.3. The molecular weight excluding hydrogens is 252 g/mol. The van der Waals surface area contributed by atoms with Crippen molar-refractivity contribution in [2.45, 2.75) is 17.6 Å². The van der Waals surface area contributed by atoms with E-state index in [4.69, 9.17) is 5.26 Å². The first kappa shape index (κ1) is 12.6. The maximum atomic E-state index is 10.7. The molecule has 0 bridgehead atoms. The molecule has 0 radical (unpaired) electrons. The number of nitrogens with one attached hydrogen (secondary N) is 1. The second kappa shape index (κ2) is 4.82. The minimum absolute atomic E-state index is 0.154. The Bertz CT molecular complexity index is 522. The Morgan fingerprint density at radius 2 is 2.39 bits per heavy atom. The van der Waals surface area contributed by atoms with Gasteiger partial charge in [0.2, 0.25) is 5.69 Å². The van der Waals surface area contributed by atoms with Crippen LogP contribution in [0.4, 0.5) is 11.5 Å². The summed E-state index contributed by atoms with van der Waals surface area (Å²) < 4.78 is 0.274. The number of thioether (sulfide) groups is 1. The van der Waals surface area contributed by atoms with Crippen molar-refractivity contribution in [3.8, 4) is 6.07 Å². The average Bonchev–Trinajstić information content (AvgIpc) is 3.16. The van der Waals surface area contributed by atoms with E-state index in [1.165, 1.54) is 25.0 Å². The second-order valence-corrected chi connectivity index (χ2v) is 5.45. The van der Waals surface area contributed by atoms with Crippen molar-refractivity contribution in [1.82, 2.24) is 4.98 Å². The van der Waals surface area contributed by atoms with Gasteiger partial charge in [-0.05, 0) is 25.2 Å². The van der Waals surface area contributed by atoms with Crippen molar-refractivity contribution in [3.63, 3.8) is 0 Å². The molecule has 0 atom stereocenters. The van der Waals surface area contributed by atoms with Crippen LogP contribution >= 0.6 is 11.8 Å². The van der Waals surface area contributed by atoms with E-state index in [1.54, 1.807) is 6.07 Å². The Labute approximate surface area is 109 Å². The molecule has 0 aromatic carbocycles. The topological polar surface area (TPSA) is 91.9 Å². The number of rotatable bonds is 5. The normalized spacial score (nSPS) is 15.8. The fraction of sp³-hybridized carbons (Fsp3) is 0.455. The summed E-state index contributed by atoms with van der Waals surface area (Å²) in [6.45, 7) is 0.768. The molecule has 1 saturated carbocycles. The Morgan fingerprint density at radius 3 is 2.89 bits per heavy atom. The summed E-state index contributed by atoms with van der Waals surface area (Å²) in [5, 5.41) is 22.6. The molecule has 1 N–H and O–H groups in total. The third-order valence-electron chi connectivity index (χ3n) is 3.01. The van der Waals surface area contributed by atoms with Crippen LogP contribution in [-0.4, -0.2) is 27.5 Å². The molecule has 0 saturated heterocycles. The van der Waals surface area contributed by atoms with Crippen LogP contribution in [0.2, 0.25) is 0 Å². The first-order chi connectivity index (χ1) is 8.60. The monoisotopic (exact) mass is 264 g/mol. The minimum Gasteiger partial charge on any atom is -0.369 e. The zero-order valence-corrected chi connectivity index (χ0v) is 10.7. The lowest BCUT2D eigenvalue weighted by molar-refractivity contribution is -0.385. The van der Waals surface area contributed by atoms with Crippen LogP contribution in [0, 0.1) is 21.4 Å². The molecule has 2 rings (SSSR count). The standard InChI is InChI=1S/C11H12N4O2S/c1-18-11(4-5-11)7-13-10-3-2-9(15(16)17)8(6-12)14-10/h2-3H,4-5,7H2,1H3,(H,13,14). The number of nitrogens with zero attached hydrogens (tertiary/aromatic N) is 3. The van der Waals surface area contributed by atoms with Crippen molar-refractivity contribution in [2.24, 2.45) is 0 Å². The fourth-order valence-electron chi connectivity index (χ4n) is 1.62. The van der Waals surface area contributed by atoms with Crippen molar-refractivity contribution in [2.75, 3.05) is 18.1 Å². The van der Waals surface area contributed by atoms with E-state index in [0.717, 1.165) is 6.54 Å². The van der Waals surface area contributed by atoms with Crippen molar-refractivity contribution in [3.05, 3.63) is 27.9 Å². The molecule has 18 heavy (non-hydrogen) atoms. The van der Waals surface area contributed by atoms with Crippen molar-refractivity contribution in [1.29, 1.82) is 5.26 Å². The molecule has 1 aliphatic rings. The lowest BCUT2D eigenvalue weighted by Crippen LogP contribution is -2.18. The summed E-state index contributed by atoms with van der Waals surface area (Å²) in [6, 6.07) is 4.60. The van der Waals surface area contributed by atoms with Crippen LogP contribution in [0.15, 0.2) is 12.1 Å². The van der Waals surface area contributed by atoms with Crippen LogP contribution in [-0.2, 0) is 0 Å². The predicted octanol–water partition coefficient (Wildman–Crippen LogP) is 2.17. The van der Waals surface area contributed by atoms with E-state index in [1.807, 2.05) is 11.8 Å². The first-order valence-electron chi connectivity index (χ1n) is 5.45. The van der Waals surface area contributed by atoms with E-state index < -0.39 is 4.92 Å². The highest BCUT2D eigenvalue weighted by Crippen LogP contribution is 2.46. The van der Waals surface area contributed by atoms with Crippen molar-refractivity contribution >= 4 is 23.3 Å². The zero-order chi connectivity index (χ0) is 13.2. The van der Waals surface area contributed by atoms with Gasteiger partial charge < -0.3 is 5.32 Å². The Kier molecular flexibility index (Phi) is 3.39. The van der Waals surface area contributed by atoms with Gasteiger partial charge in [-0.15, -0.1) is 0 Å². The second-order valence-electron chi connectivity index (χ2n) is 4.17. The van der Waals surface area contributed by atoms with Gasteiger partial charge in [0.25, 0.3) is 0 Å². The van der Waals surface area contributed by atoms with E-state index in [2.05, 4.69) is 16.6 Å². The van der Waals surface area contributed by atoms with Crippen LogP contribution in [0.25, 0.3) is 0 Å². The predicted molar refractivity (Wildman–Crippen MR) is 69.6 cm³/mol. The molecule has 0 spiro atoms. The Balaban J connectivity index is 2.11. The van der Waals surface area contributed by atoms with Gasteiger partial charge in [-0.3, -0.25) is 10.1 Å². The van der Waals surface area contributed by atoms with Crippen LogP contribution in [0.1, 0.15) is 18.5 Å². The molecule has 1 heterocycles. The van der Waals surface area contributed by atoms with Gasteiger partial charge in [-0.25, -0.2) is 4.98 Å². The molecule has 6 nitrogen and oxygen atoms in total. The quantitative estimate of drug-likeness (QED) is 0.647. The van der Waals surface area contributed by atoms with E-state index in [-0.39, 0.29) is 16.1 Å². The van der Waals surface area contributed by atoms with Crippen LogP contribution in [0.3, 0.4) is 0 Å². The van der Waals surface area contributed by atoms with Gasteiger partial charge in [-0.2, -0.15) is 17.0 Å². The van der Waals surface area contributed by atoms with Gasteiger partial charge in [0.1, 0.15) is 11.9 Å². The van der Waals surface area contributed by atoms with Crippen LogP contribution < -0.4 is 5.32 Å². The number of anilines is 1. The van der Waals surface area contributed by atoms with Gasteiger partial charge in [-0.1, -0.05) is 0 Å². The summed E-state index contributed by atoms with van der Waals surface area (Å²) in [6.07, 6.45) is 4.40. The SMILES string of the molecule is CSC1(CNc2ccc([N+](=O)[O-])c(C#N)n2)CC1. The molecular formula is C11H12N4O2S. The minimum atomic E-state index is -0.598. The van der Waals surface area contributed by atoms with Crippen molar-refractivity contribution < 1.29 is 4.92 Å². The summed E-state index contributed by atoms with van der Waals surface area (Å²) >= 11 is 1.81. The Hall–Kier alpha value is -1.81. The number of hydrogen-bond acceptors (Lipinski definition) is 6. The molecule has 1 aromatic rings. The molecule has 0 aliphatic heterocycles. The number of aromatic nitrogens is 1. The maximum absolute atomic E-state index is 10.7. The third kappa shape index (κ3) is 2.54. The zero-order valence-electron chi connectivity index (χ0n) is 9.84. The average molecular weight is 264 g/mol. The lowest BCUT2D eigenvalue weighted by Gasteiger charge is -2.13. The molecule has 1 aromatic heterocycles. The fourth-order valence-corrected chi connectivity index (χ4v) is 2.35. The van der Waals surface area contributed by atoms with E-state index >= 15 is 0 Å². The summed E-state index contributed by atoms with van der Waals surface area (Å²) in [7, 11) is 0. The first-order valence-corrected chi connectivity index (χ1v) is 6.67. The highest BCUT2D eigenvalue weighted by Gasteiger charge is 2.41. The molecule has 94 valence electrons. The summed E-state index contributed by atoms with van der Waals surface area (Å²) in [5.74, 6) is 0.512. The number of nitro groups is 1. The highest BCUT2D eigenvalue weighted by molar-refractivity contribution is 8.00. The molecule has 7 heteroatoms. The third-order valence-corrected chi connectivity index (χ3v) is 4.43. The molecule has 0 amide bonds. The largest absolute Gasteiger partial charge is 0.369 e. The molecule has 1 fully saturated rings. The molecule has 0 unspecified atom stereocenters. The Morgan fingerprint density at radius 1 is 1.67 bits per heavy atom.